The van der Waals surface area contributed by atoms with Crippen molar-refractivity contribution >= 4 is 10.0 Å². The van der Waals surface area contributed by atoms with Crippen molar-refractivity contribution in [1.82, 2.24) is 19.7 Å². The van der Waals surface area contributed by atoms with E-state index in [2.05, 4.69) is 15.0 Å². The Kier molecular flexibility index (Phi) is 5.34. The number of aryl methyl sites for hydroxylation is 2. The number of aromatic nitrogens is 3. The first-order chi connectivity index (χ1) is 9.85. The molecule has 1 atom stereocenters. The fourth-order valence-electron chi connectivity index (χ4n) is 2.96. The molecule has 21 heavy (non-hydrogen) atoms. The smallest absolute Gasteiger partial charge is 0.209 e. The molecule has 0 bridgehead atoms. The fraction of sp³-hybridized carbons (Fsp3) is 0.846. The number of primary sulfonamides is 1. The molecule has 0 aliphatic carbocycles. The zero-order valence-electron chi connectivity index (χ0n) is 12.8. The lowest BCUT2D eigenvalue weighted by Crippen LogP contribution is -2.43. The second kappa shape index (κ2) is 6.85. The average molecular weight is 315 g/mol. The number of likely N-dealkylation sites (tertiary alicyclic amines) is 1. The van der Waals surface area contributed by atoms with Gasteiger partial charge in [-0.1, -0.05) is 6.42 Å². The van der Waals surface area contributed by atoms with Crippen LogP contribution in [0.3, 0.4) is 0 Å². The van der Waals surface area contributed by atoms with Crippen molar-refractivity contribution in [2.75, 3.05) is 18.8 Å². The van der Waals surface area contributed by atoms with Crippen LogP contribution in [0.4, 0.5) is 0 Å². The molecule has 1 aromatic rings. The predicted octanol–water partition coefficient (Wildman–Crippen LogP) is 0.428. The van der Waals surface area contributed by atoms with Gasteiger partial charge < -0.3 is 0 Å². The van der Waals surface area contributed by atoms with Crippen LogP contribution in [-0.2, 0) is 16.6 Å². The summed E-state index contributed by atoms with van der Waals surface area (Å²) in [6, 6.07) is 0.402. The van der Waals surface area contributed by atoms with E-state index >= 15 is 0 Å². The van der Waals surface area contributed by atoms with Crippen LogP contribution in [0, 0.1) is 13.8 Å². The molecule has 2 rings (SSSR count). The molecule has 0 spiro atoms. The number of piperidine rings is 1. The molecule has 1 aliphatic heterocycles. The van der Waals surface area contributed by atoms with Crippen molar-refractivity contribution in [3.8, 4) is 0 Å². The summed E-state index contributed by atoms with van der Waals surface area (Å²) in [7, 11) is -3.36. The maximum absolute atomic E-state index is 11.0. The predicted molar refractivity (Wildman–Crippen MR) is 81.3 cm³/mol. The van der Waals surface area contributed by atoms with E-state index in [1.807, 2.05) is 18.5 Å². The summed E-state index contributed by atoms with van der Waals surface area (Å²) in [5, 5.41) is 9.48. The first-order valence-corrected chi connectivity index (χ1v) is 9.19. The van der Waals surface area contributed by atoms with Crippen LogP contribution in [0.2, 0.25) is 0 Å². The van der Waals surface area contributed by atoms with Crippen LogP contribution in [0.15, 0.2) is 0 Å². The van der Waals surface area contributed by atoms with E-state index in [4.69, 9.17) is 5.14 Å². The molecule has 0 aromatic carbocycles. The Morgan fingerprint density at radius 3 is 2.71 bits per heavy atom. The van der Waals surface area contributed by atoms with Gasteiger partial charge in [0.1, 0.15) is 11.6 Å². The Morgan fingerprint density at radius 2 is 2.10 bits per heavy atom. The Hall–Kier alpha value is -0.990. The van der Waals surface area contributed by atoms with Gasteiger partial charge in [-0.25, -0.2) is 23.2 Å². The molecule has 2 N–H and O–H groups in total. The molecule has 1 fully saturated rings. The third kappa shape index (κ3) is 5.05. The Balaban J connectivity index is 1.94. The van der Waals surface area contributed by atoms with Gasteiger partial charge in [0.25, 0.3) is 0 Å². The zero-order chi connectivity index (χ0) is 15.5. The van der Waals surface area contributed by atoms with Gasteiger partial charge in [-0.2, -0.15) is 5.10 Å². The molecule has 0 unspecified atom stereocenters. The lowest BCUT2D eigenvalue weighted by atomic mass is 10.0. The van der Waals surface area contributed by atoms with Gasteiger partial charge in [-0.15, -0.1) is 0 Å². The minimum absolute atomic E-state index is 0.0533. The van der Waals surface area contributed by atoms with E-state index in [0.29, 0.717) is 12.5 Å². The average Bonchev–Trinajstić information content (AvgIpc) is 2.68. The largest absolute Gasteiger partial charge is 0.299 e. The molecular formula is C13H25N5O2S. The van der Waals surface area contributed by atoms with Crippen molar-refractivity contribution in [1.29, 1.82) is 0 Å². The van der Waals surface area contributed by atoms with Crippen LogP contribution >= 0.6 is 0 Å². The number of hydrogen-bond donors (Lipinski definition) is 1. The maximum Gasteiger partial charge on any atom is 0.209 e. The van der Waals surface area contributed by atoms with E-state index < -0.39 is 10.0 Å². The van der Waals surface area contributed by atoms with Gasteiger partial charge in [-0.05, 0) is 46.2 Å². The summed E-state index contributed by atoms with van der Waals surface area (Å²) >= 11 is 0. The first kappa shape index (κ1) is 16.4. The molecule has 0 radical (unpaired) electrons. The van der Waals surface area contributed by atoms with Gasteiger partial charge >= 0.3 is 0 Å². The van der Waals surface area contributed by atoms with Gasteiger partial charge in [0, 0.05) is 6.04 Å². The normalized spacial score (nSPS) is 20.8. The number of nitrogens with two attached hydrogens (primary N) is 1. The highest BCUT2D eigenvalue weighted by molar-refractivity contribution is 7.89. The summed E-state index contributed by atoms with van der Waals surface area (Å²) in [5.74, 6) is 1.78. The molecule has 7 nitrogen and oxygen atoms in total. The van der Waals surface area contributed by atoms with E-state index in [1.165, 1.54) is 12.8 Å². The number of nitrogens with zero attached hydrogens (tertiary/aromatic N) is 4. The van der Waals surface area contributed by atoms with Gasteiger partial charge in [-0.3, -0.25) is 4.90 Å². The van der Waals surface area contributed by atoms with Crippen molar-refractivity contribution < 1.29 is 8.42 Å². The summed E-state index contributed by atoms with van der Waals surface area (Å²) in [5.41, 5.74) is 0. The number of hydrogen-bond acceptors (Lipinski definition) is 5. The highest BCUT2D eigenvalue weighted by Gasteiger charge is 2.23. The van der Waals surface area contributed by atoms with Crippen molar-refractivity contribution in [2.24, 2.45) is 5.14 Å². The molecule has 1 aromatic heterocycles. The fourth-order valence-corrected chi connectivity index (χ4v) is 3.50. The van der Waals surface area contributed by atoms with E-state index in [9.17, 15) is 8.42 Å². The van der Waals surface area contributed by atoms with E-state index in [0.717, 1.165) is 37.7 Å². The molecule has 1 saturated heterocycles. The van der Waals surface area contributed by atoms with Crippen molar-refractivity contribution in [2.45, 2.75) is 52.1 Å². The standard InChI is InChI=1S/C13H25N5O2S/c1-11-15-12(2)18(16-11)10-13-6-3-4-7-17(13)8-5-9-21(14,19)20/h13H,3-10H2,1-2H3,(H2,14,19,20)/t13-/m0/s1. The summed E-state index contributed by atoms with van der Waals surface area (Å²) in [4.78, 5) is 6.70. The third-order valence-corrected chi connectivity index (χ3v) is 4.83. The number of sulfonamides is 1. The van der Waals surface area contributed by atoms with Crippen LogP contribution in [-0.4, -0.2) is 53.0 Å². The van der Waals surface area contributed by atoms with Crippen LogP contribution in [0.25, 0.3) is 0 Å². The molecule has 0 saturated carbocycles. The van der Waals surface area contributed by atoms with E-state index in [1.54, 1.807) is 0 Å². The van der Waals surface area contributed by atoms with E-state index in [-0.39, 0.29) is 5.75 Å². The monoisotopic (exact) mass is 315 g/mol. The first-order valence-electron chi connectivity index (χ1n) is 7.48. The number of rotatable bonds is 6. The quantitative estimate of drug-likeness (QED) is 0.821. The van der Waals surface area contributed by atoms with Crippen LogP contribution < -0.4 is 5.14 Å². The summed E-state index contributed by atoms with van der Waals surface area (Å²) < 4.78 is 24.0. The van der Waals surface area contributed by atoms with Gasteiger partial charge in [0.15, 0.2) is 0 Å². The van der Waals surface area contributed by atoms with Gasteiger partial charge in [0.2, 0.25) is 10.0 Å². The SMILES string of the molecule is Cc1nc(C)n(C[C@@H]2CCCCN2CCCS(N)(=O)=O)n1. The maximum atomic E-state index is 11.0. The van der Waals surface area contributed by atoms with Crippen LogP contribution in [0.1, 0.15) is 37.3 Å². The van der Waals surface area contributed by atoms with Gasteiger partial charge in [0.05, 0.1) is 12.3 Å². The molecule has 8 heteroatoms. The van der Waals surface area contributed by atoms with Crippen LogP contribution in [0.5, 0.6) is 0 Å². The second-order valence-electron chi connectivity index (χ2n) is 5.79. The molecule has 2 heterocycles. The Morgan fingerprint density at radius 1 is 1.33 bits per heavy atom. The molecule has 1 aliphatic rings. The molecule has 0 amide bonds. The topological polar surface area (TPSA) is 94.1 Å². The third-order valence-electron chi connectivity index (χ3n) is 3.97. The minimum Gasteiger partial charge on any atom is -0.299 e. The molecular weight excluding hydrogens is 290 g/mol. The second-order valence-corrected chi connectivity index (χ2v) is 7.53. The molecule has 120 valence electrons. The lowest BCUT2D eigenvalue weighted by Gasteiger charge is -2.35. The zero-order valence-corrected chi connectivity index (χ0v) is 13.6. The Labute approximate surface area is 126 Å². The highest BCUT2D eigenvalue weighted by atomic mass is 32.2. The van der Waals surface area contributed by atoms with Crippen molar-refractivity contribution in [3.05, 3.63) is 11.6 Å². The minimum atomic E-state index is -3.36. The lowest BCUT2D eigenvalue weighted by molar-refractivity contribution is 0.129. The van der Waals surface area contributed by atoms with Crippen molar-refractivity contribution in [3.63, 3.8) is 0 Å². The summed E-state index contributed by atoms with van der Waals surface area (Å²) in [6.07, 6.45) is 4.09. The Bertz CT molecular complexity index is 569. The highest BCUT2D eigenvalue weighted by Crippen LogP contribution is 2.19. The summed E-state index contributed by atoms with van der Waals surface area (Å²) in [6.45, 7) is 6.47.